The summed E-state index contributed by atoms with van der Waals surface area (Å²) < 4.78 is 0. The number of halogens is 1. The number of hydrogen-bond acceptors (Lipinski definition) is 5. The summed E-state index contributed by atoms with van der Waals surface area (Å²) in [6, 6.07) is 6.67. The van der Waals surface area contributed by atoms with Crippen LogP contribution in [0, 0.1) is 0 Å². The third-order valence-corrected chi connectivity index (χ3v) is 6.46. The van der Waals surface area contributed by atoms with E-state index in [1.807, 2.05) is 29.3 Å². The van der Waals surface area contributed by atoms with Crippen LogP contribution in [-0.2, 0) is 4.79 Å². The highest BCUT2D eigenvalue weighted by Gasteiger charge is 2.22. The predicted molar refractivity (Wildman–Crippen MR) is 147 cm³/mol. The fourth-order valence-corrected chi connectivity index (χ4v) is 4.62. The van der Waals surface area contributed by atoms with Crippen LogP contribution in [0.1, 0.15) is 46.0 Å². The Morgan fingerprint density at radius 1 is 1.12 bits per heavy atom. The molecule has 0 aromatic carbocycles. The minimum absolute atomic E-state index is 0. The molecule has 2 aliphatic heterocycles. The smallest absolute Gasteiger partial charge is 0.224 e. The van der Waals surface area contributed by atoms with Gasteiger partial charge in [0.15, 0.2) is 5.96 Å². The van der Waals surface area contributed by atoms with Gasteiger partial charge in [0.05, 0.1) is 6.54 Å². The molecular weight excluding hydrogens is 529 g/mol. The van der Waals surface area contributed by atoms with Gasteiger partial charge >= 0.3 is 0 Å². The van der Waals surface area contributed by atoms with Crippen LogP contribution >= 0.6 is 24.0 Å². The summed E-state index contributed by atoms with van der Waals surface area (Å²) in [7, 11) is 0. The minimum Gasteiger partial charge on any atom is -0.357 e. The van der Waals surface area contributed by atoms with Crippen LogP contribution in [-0.4, -0.2) is 91.6 Å². The maximum Gasteiger partial charge on any atom is 0.224 e. The lowest BCUT2D eigenvalue weighted by molar-refractivity contribution is -0.131. The van der Waals surface area contributed by atoms with Crippen molar-refractivity contribution in [2.45, 2.75) is 52.0 Å². The first kappa shape index (κ1) is 27.6. The number of piperazine rings is 1. The first-order valence-electron chi connectivity index (χ1n) is 12.4. The Kier molecular flexibility index (Phi) is 12.8. The van der Waals surface area contributed by atoms with Gasteiger partial charge in [-0.1, -0.05) is 19.4 Å². The number of pyridine rings is 1. The summed E-state index contributed by atoms with van der Waals surface area (Å²) >= 11 is 0. The van der Waals surface area contributed by atoms with Crippen molar-refractivity contribution >= 4 is 41.7 Å². The molecule has 33 heavy (non-hydrogen) atoms. The molecule has 1 atom stereocenters. The lowest BCUT2D eigenvalue weighted by Crippen LogP contribution is -2.49. The standard InChI is InChI=1S/C24H41N7O.HI/c1-3-21-9-6-8-15-29(21)16-14-28-24(25-4-2)27-13-11-23(32)31-19-17-30(18-20-31)22-10-5-7-12-26-22;/h5,7,10,12,21H,3-4,6,8-9,11,13-20H2,1-2H3,(H2,25,27,28);1H. The number of nitrogens with zero attached hydrogens (tertiary/aromatic N) is 5. The second-order valence-electron chi connectivity index (χ2n) is 8.59. The summed E-state index contributed by atoms with van der Waals surface area (Å²) in [4.78, 5) is 28.6. The molecule has 186 valence electrons. The first-order valence-corrected chi connectivity index (χ1v) is 12.4. The molecule has 2 N–H and O–H groups in total. The molecule has 0 aliphatic carbocycles. The number of anilines is 1. The molecule has 1 aromatic rings. The number of nitrogens with one attached hydrogen (secondary N) is 2. The first-order chi connectivity index (χ1) is 15.7. The fourth-order valence-electron chi connectivity index (χ4n) is 4.62. The third-order valence-electron chi connectivity index (χ3n) is 6.46. The molecule has 1 unspecified atom stereocenters. The molecule has 3 rings (SSSR count). The van der Waals surface area contributed by atoms with Crippen LogP contribution in [0.15, 0.2) is 29.4 Å². The van der Waals surface area contributed by atoms with Gasteiger partial charge in [-0.15, -0.1) is 24.0 Å². The quantitative estimate of drug-likeness (QED) is 0.270. The van der Waals surface area contributed by atoms with E-state index in [4.69, 9.17) is 4.99 Å². The molecule has 8 nitrogen and oxygen atoms in total. The van der Waals surface area contributed by atoms with E-state index < -0.39 is 0 Å². The number of rotatable bonds is 9. The predicted octanol–water partition coefficient (Wildman–Crippen LogP) is 2.56. The molecule has 0 saturated carbocycles. The summed E-state index contributed by atoms with van der Waals surface area (Å²) in [5, 5.41) is 6.65. The van der Waals surface area contributed by atoms with Crippen LogP contribution in [0.4, 0.5) is 5.82 Å². The Hall–Kier alpha value is -1.62. The van der Waals surface area contributed by atoms with Crippen molar-refractivity contribution in [2.24, 2.45) is 4.99 Å². The molecule has 1 aromatic heterocycles. The van der Waals surface area contributed by atoms with Crippen molar-refractivity contribution in [1.82, 2.24) is 25.4 Å². The molecule has 2 fully saturated rings. The number of carbonyl (C=O) groups is 1. The summed E-state index contributed by atoms with van der Waals surface area (Å²) in [6.07, 6.45) is 7.50. The number of amides is 1. The van der Waals surface area contributed by atoms with Gasteiger partial charge in [0.2, 0.25) is 5.91 Å². The number of carbonyl (C=O) groups excluding carboxylic acids is 1. The fraction of sp³-hybridized carbons (Fsp3) is 0.708. The van der Waals surface area contributed by atoms with E-state index in [0.29, 0.717) is 19.0 Å². The molecule has 2 saturated heterocycles. The summed E-state index contributed by atoms with van der Waals surface area (Å²) in [5.74, 6) is 2.00. The lowest BCUT2D eigenvalue weighted by atomic mass is 10.0. The highest BCUT2D eigenvalue weighted by atomic mass is 127. The van der Waals surface area contributed by atoms with Crippen molar-refractivity contribution in [1.29, 1.82) is 0 Å². The average Bonchev–Trinajstić information content (AvgIpc) is 2.85. The zero-order valence-corrected chi connectivity index (χ0v) is 22.7. The summed E-state index contributed by atoms with van der Waals surface area (Å²) in [5.41, 5.74) is 0. The SMILES string of the molecule is CCNC(=NCCN1CCCCC1CC)NCCC(=O)N1CCN(c2ccccn2)CC1.I. The molecule has 0 radical (unpaired) electrons. The van der Waals surface area contributed by atoms with Gasteiger partial charge < -0.3 is 20.4 Å². The lowest BCUT2D eigenvalue weighted by Gasteiger charge is -2.35. The Labute approximate surface area is 216 Å². The molecule has 2 aliphatic rings. The molecular formula is C24H42IN7O. The van der Waals surface area contributed by atoms with E-state index in [1.165, 1.54) is 32.2 Å². The van der Waals surface area contributed by atoms with Crippen molar-refractivity contribution in [2.75, 3.05) is 63.8 Å². The van der Waals surface area contributed by atoms with Crippen LogP contribution in [0.3, 0.4) is 0 Å². The molecule has 3 heterocycles. The second kappa shape index (κ2) is 15.3. The largest absolute Gasteiger partial charge is 0.357 e. The molecule has 1 amide bonds. The van der Waals surface area contributed by atoms with E-state index in [0.717, 1.165) is 57.6 Å². The maximum absolute atomic E-state index is 12.7. The Bertz CT molecular complexity index is 710. The van der Waals surface area contributed by atoms with Crippen LogP contribution in [0.2, 0.25) is 0 Å². The van der Waals surface area contributed by atoms with Gasteiger partial charge in [-0.2, -0.15) is 0 Å². The molecule has 0 spiro atoms. The number of guanidine groups is 1. The van der Waals surface area contributed by atoms with Crippen LogP contribution in [0.25, 0.3) is 0 Å². The Morgan fingerprint density at radius 2 is 1.94 bits per heavy atom. The number of aromatic nitrogens is 1. The van der Waals surface area contributed by atoms with Crippen molar-refractivity contribution in [3.05, 3.63) is 24.4 Å². The van der Waals surface area contributed by atoms with Gasteiger partial charge in [-0.25, -0.2) is 4.98 Å². The summed E-state index contributed by atoms with van der Waals surface area (Å²) in [6.45, 7) is 11.9. The topological polar surface area (TPSA) is 76.1 Å². The number of piperidine rings is 1. The maximum atomic E-state index is 12.7. The zero-order chi connectivity index (χ0) is 22.6. The van der Waals surface area contributed by atoms with Gasteiger partial charge in [-0.05, 0) is 44.9 Å². The number of aliphatic imine (C=N–C) groups is 1. The van der Waals surface area contributed by atoms with Crippen molar-refractivity contribution < 1.29 is 4.79 Å². The van der Waals surface area contributed by atoms with E-state index in [9.17, 15) is 4.79 Å². The van der Waals surface area contributed by atoms with Crippen molar-refractivity contribution in [3.8, 4) is 0 Å². The highest BCUT2D eigenvalue weighted by Crippen LogP contribution is 2.18. The average molecular weight is 572 g/mol. The number of likely N-dealkylation sites (tertiary alicyclic amines) is 1. The van der Waals surface area contributed by atoms with E-state index in [2.05, 4.69) is 39.3 Å². The van der Waals surface area contributed by atoms with Gasteiger partial charge in [0.1, 0.15) is 5.82 Å². The molecule has 9 heteroatoms. The van der Waals surface area contributed by atoms with Crippen LogP contribution in [0.5, 0.6) is 0 Å². The normalized spacial score (nSPS) is 19.7. The van der Waals surface area contributed by atoms with Gasteiger partial charge in [0.25, 0.3) is 0 Å². The zero-order valence-electron chi connectivity index (χ0n) is 20.3. The Morgan fingerprint density at radius 3 is 2.64 bits per heavy atom. The van der Waals surface area contributed by atoms with Crippen LogP contribution < -0.4 is 15.5 Å². The number of hydrogen-bond donors (Lipinski definition) is 2. The minimum atomic E-state index is 0. The van der Waals surface area contributed by atoms with Crippen molar-refractivity contribution in [3.63, 3.8) is 0 Å². The van der Waals surface area contributed by atoms with E-state index in [-0.39, 0.29) is 29.9 Å². The van der Waals surface area contributed by atoms with E-state index >= 15 is 0 Å². The molecule has 0 bridgehead atoms. The monoisotopic (exact) mass is 571 g/mol. The third kappa shape index (κ3) is 8.92. The van der Waals surface area contributed by atoms with Gasteiger partial charge in [0, 0.05) is 64.5 Å². The second-order valence-corrected chi connectivity index (χ2v) is 8.59. The van der Waals surface area contributed by atoms with Gasteiger partial charge in [-0.3, -0.25) is 14.7 Å². The highest BCUT2D eigenvalue weighted by molar-refractivity contribution is 14.0. The van der Waals surface area contributed by atoms with E-state index in [1.54, 1.807) is 0 Å². The Balaban J connectivity index is 0.00000385.